The molecule has 1 amide bonds. The topological polar surface area (TPSA) is 98.6 Å². The number of amides is 1. The normalized spacial score (nSPS) is 19.1. The van der Waals surface area contributed by atoms with E-state index in [-0.39, 0.29) is 23.2 Å². The zero-order chi connectivity index (χ0) is 13.3. The molecule has 1 aliphatic heterocycles. The molecule has 4 N–H and O–H groups in total. The molecule has 1 heterocycles. The molecule has 0 spiro atoms. The number of hydrogen-bond acceptors (Lipinski definition) is 5. The first-order valence-electron chi connectivity index (χ1n) is 5.57. The van der Waals surface area contributed by atoms with Gasteiger partial charge in [-0.15, -0.1) is 0 Å². The fourth-order valence-electron chi connectivity index (χ4n) is 2.04. The van der Waals surface area contributed by atoms with Crippen LogP contribution in [0.5, 0.6) is 0 Å². The van der Waals surface area contributed by atoms with Gasteiger partial charge in [0, 0.05) is 19.0 Å². The Bertz CT molecular complexity index is 501. The molecule has 0 saturated carbocycles. The van der Waals surface area contributed by atoms with Crippen LogP contribution in [0.4, 0.5) is 11.4 Å². The molecule has 1 aliphatic rings. The number of rotatable bonds is 2. The van der Waals surface area contributed by atoms with Crippen LogP contribution in [0.25, 0.3) is 0 Å². The predicted molar refractivity (Wildman–Crippen MR) is 67.1 cm³/mol. The molecule has 1 fully saturated rings. The predicted octanol–water partition coefficient (Wildman–Crippen LogP) is 0.119. The van der Waals surface area contributed by atoms with Crippen molar-refractivity contribution in [1.29, 1.82) is 0 Å². The highest BCUT2D eigenvalue weighted by atomic mass is 16.5. The Balaban J connectivity index is 2.40. The maximum Gasteiger partial charge on any atom is 0.340 e. The fourth-order valence-corrected chi connectivity index (χ4v) is 2.04. The number of ether oxygens (including phenoxy) is 1. The smallest absolute Gasteiger partial charge is 0.340 e. The summed E-state index contributed by atoms with van der Waals surface area (Å²) in [5.74, 6) is -0.610. The number of hydrogen-bond donors (Lipinski definition) is 2. The SMILES string of the molecule is COC(=O)c1cccc(N2CC(N)CC2=O)c1N. The van der Waals surface area contributed by atoms with E-state index in [1.54, 1.807) is 18.2 Å². The minimum atomic E-state index is -0.523. The van der Waals surface area contributed by atoms with E-state index in [2.05, 4.69) is 4.74 Å². The molecule has 18 heavy (non-hydrogen) atoms. The molecule has 1 aromatic carbocycles. The minimum Gasteiger partial charge on any atom is -0.465 e. The third kappa shape index (κ3) is 2.02. The molecule has 0 radical (unpaired) electrons. The number of esters is 1. The van der Waals surface area contributed by atoms with Crippen molar-refractivity contribution in [2.75, 3.05) is 24.3 Å². The summed E-state index contributed by atoms with van der Waals surface area (Å²) in [7, 11) is 1.28. The van der Waals surface area contributed by atoms with Crippen molar-refractivity contribution in [3.05, 3.63) is 23.8 Å². The van der Waals surface area contributed by atoms with E-state index in [1.807, 2.05) is 0 Å². The molecule has 96 valence electrons. The number of carbonyl (C=O) groups excluding carboxylic acids is 2. The molecule has 1 aromatic rings. The summed E-state index contributed by atoms with van der Waals surface area (Å²) < 4.78 is 4.64. The maximum atomic E-state index is 11.8. The first kappa shape index (κ1) is 12.4. The largest absolute Gasteiger partial charge is 0.465 e. The third-order valence-electron chi connectivity index (χ3n) is 2.93. The van der Waals surface area contributed by atoms with Crippen LogP contribution in [0.3, 0.4) is 0 Å². The Kier molecular flexibility index (Phi) is 3.20. The van der Waals surface area contributed by atoms with E-state index >= 15 is 0 Å². The molecule has 0 aromatic heterocycles. The Labute approximate surface area is 104 Å². The summed E-state index contributed by atoms with van der Waals surface area (Å²) in [6, 6.07) is 4.72. The van der Waals surface area contributed by atoms with Crippen LogP contribution in [0.2, 0.25) is 0 Å². The Morgan fingerprint density at radius 1 is 1.50 bits per heavy atom. The number of carbonyl (C=O) groups is 2. The number of benzene rings is 1. The van der Waals surface area contributed by atoms with Gasteiger partial charge in [-0.2, -0.15) is 0 Å². The summed E-state index contributed by atoms with van der Waals surface area (Å²) in [5, 5.41) is 0. The lowest BCUT2D eigenvalue weighted by Crippen LogP contribution is -2.29. The van der Waals surface area contributed by atoms with Gasteiger partial charge in [-0.05, 0) is 12.1 Å². The van der Waals surface area contributed by atoms with Gasteiger partial charge in [-0.1, -0.05) is 6.07 Å². The van der Waals surface area contributed by atoms with Crippen LogP contribution >= 0.6 is 0 Å². The van der Waals surface area contributed by atoms with E-state index in [4.69, 9.17) is 11.5 Å². The average Bonchev–Trinajstić information content (AvgIpc) is 2.68. The zero-order valence-corrected chi connectivity index (χ0v) is 10.1. The molecule has 6 heteroatoms. The van der Waals surface area contributed by atoms with E-state index in [0.717, 1.165) is 0 Å². The third-order valence-corrected chi connectivity index (χ3v) is 2.93. The van der Waals surface area contributed by atoms with Gasteiger partial charge in [0.1, 0.15) is 0 Å². The van der Waals surface area contributed by atoms with Crippen LogP contribution < -0.4 is 16.4 Å². The second-order valence-corrected chi connectivity index (χ2v) is 4.20. The van der Waals surface area contributed by atoms with E-state index in [0.29, 0.717) is 18.7 Å². The standard InChI is InChI=1S/C12H15N3O3/c1-18-12(17)8-3-2-4-9(11(8)14)15-6-7(13)5-10(15)16/h2-4,7H,5-6,13-14H2,1H3. The highest BCUT2D eigenvalue weighted by Gasteiger charge is 2.30. The van der Waals surface area contributed by atoms with E-state index in [9.17, 15) is 9.59 Å². The zero-order valence-electron chi connectivity index (χ0n) is 10.1. The number of nitrogens with zero attached hydrogens (tertiary/aromatic N) is 1. The van der Waals surface area contributed by atoms with Crippen molar-refractivity contribution in [3.8, 4) is 0 Å². The number of anilines is 2. The van der Waals surface area contributed by atoms with E-state index < -0.39 is 5.97 Å². The summed E-state index contributed by atoms with van der Waals surface area (Å²) in [5.41, 5.74) is 12.6. The van der Waals surface area contributed by atoms with Gasteiger partial charge in [0.15, 0.2) is 0 Å². The molecule has 0 bridgehead atoms. The first-order valence-corrected chi connectivity index (χ1v) is 5.57. The molecular weight excluding hydrogens is 234 g/mol. The lowest BCUT2D eigenvalue weighted by molar-refractivity contribution is -0.117. The van der Waals surface area contributed by atoms with Crippen molar-refractivity contribution in [3.63, 3.8) is 0 Å². The minimum absolute atomic E-state index is 0.0868. The summed E-state index contributed by atoms with van der Waals surface area (Å²) in [4.78, 5) is 24.8. The fraction of sp³-hybridized carbons (Fsp3) is 0.333. The molecule has 1 unspecified atom stereocenters. The van der Waals surface area contributed by atoms with Crippen LogP contribution in [0, 0.1) is 0 Å². The Morgan fingerprint density at radius 2 is 2.22 bits per heavy atom. The summed E-state index contributed by atoms with van der Waals surface area (Å²) >= 11 is 0. The van der Waals surface area contributed by atoms with Crippen LogP contribution in [0.1, 0.15) is 16.8 Å². The van der Waals surface area contributed by atoms with Crippen molar-refractivity contribution in [1.82, 2.24) is 0 Å². The van der Waals surface area contributed by atoms with Crippen molar-refractivity contribution >= 4 is 23.3 Å². The quantitative estimate of drug-likeness (QED) is 0.573. The van der Waals surface area contributed by atoms with Gasteiger partial charge in [-0.25, -0.2) is 4.79 Å². The average molecular weight is 249 g/mol. The van der Waals surface area contributed by atoms with Gasteiger partial charge in [-0.3, -0.25) is 4.79 Å². The molecule has 1 saturated heterocycles. The lowest BCUT2D eigenvalue weighted by Gasteiger charge is -2.19. The highest BCUT2D eigenvalue weighted by molar-refractivity contribution is 6.04. The van der Waals surface area contributed by atoms with Gasteiger partial charge in [0.2, 0.25) is 5.91 Å². The molecule has 2 rings (SSSR count). The van der Waals surface area contributed by atoms with E-state index in [1.165, 1.54) is 12.0 Å². The Morgan fingerprint density at radius 3 is 2.78 bits per heavy atom. The second kappa shape index (κ2) is 4.66. The molecule has 6 nitrogen and oxygen atoms in total. The van der Waals surface area contributed by atoms with Crippen LogP contribution in [-0.4, -0.2) is 31.6 Å². The van der Waals surface area contributed by atoms with Crippen LogP contribution in [0.15, 0.2) is 18.2 Å². The molecule has 0 aliphatic carbocycles. The first-order chi connectivity index (χ1) is 8.54. The molecule has 1 atom stereocenters. The second-order valence-electron chi connectivity index (χ2n) is 4.20. The van der Waals surface area contributed by atoms with Crippen molar-refractivity contribution < 1.29 is 14.3 Å². The highest BCUT2D eigenvalue weighted by Crippen LogP contribution is 2.30. The number of para-hydroxylation sites is 1. The van der Waals surface area contributed by atoms with Gasteiger partial charge in [0.25, 0.3) is 0 Å². The summed E-state index contributed by atoms with van der Waals surface area (Å²) in [6.07, 6.45) is 0.294. The lowest BCUT2D eigenvalue weighted by atomic mass is 10.1. The van der Waals surface area contributed by atoms with Gasteiger partial charge < -0.3 is 21.1 Å². The number of nitrogen functional groups attached to an aromatic ring is 1. The number of nitrogens with two attached hydrogens (primary N) is 2. The Hall–Kier alpha value is -2.08. The van der Waals surface area contributed by atoms with Gasteiger partial charge in [0.05, 0.1) is 24.0 Å². The number of methoxy groups -OCH3 is 1. The molecular formula is C12H15N3O3. The van der Waals surface area contributed by atoms with Crippen molar-refractivity contribution in [2.24, 2.45) is 5.73 Å². The monoisotopic (exact) mass is 249 g/mol. The van der Waals surface area contributed by atoms with Gasteiger partial charge >= 0.3 is 5.97 Å². The maximum absolute atomic E-state index is 11.8. The summed E-state index contributed by atoms with van der Waals surface area (Å²) in [6.45, 7) is 0.410. The van der Waals surface area contributed by atoms with Crippen molar-refractivity contribution in [2.45, 2.75) is 12.5 Å². The van der Waals surface area contributed by atoms with Crippen LogP contribution in [-0.2, 0) is 9.53 Å².